The summed E-state index contributed by atoms with van der Waals surface area (Å²) in [6, 6.07) is 4.21. The van der Waals surface area contributed by atoms with E-state index in [0.29, 0.717) is 17.0 Å². The SMILES string of the molecule is Cc1cc(Cl)cc2nc(C3CCNC3C)oc12. The fraction of sp³-hybridized carbons (Fsp3) is 0.462. The Kier molecular flexibility index (Phi) is 2.60. The third kappa shape index (κ3) is 1.83. The van der Waals surface area contributed by atoms with Crippen molar-refractivity contribution in [1.82, 2.24) is 10.3 Å². The quantitative estimate of drug-likeness (QED) is 0.844. The minimum absolute atomic E-state index is 0.376. The van der Waals surface area contributed by atoms with Crippen LogP contribution in [0.1, 0.15) is 30.7 Å². The summed E-state index contributed by atoms with van der Waals surface area (Å²) in [4.78, 5) is 4.58. The second-order valence-corrected chi connectivity index (χ2v) is 5.20. The molecule has 0 radical (unpaired) electrons. The molecule has 3 nitrogen and oxygen atoms in total. The van der Waals surface area contributed by atoms with Crippen LogP contribution in [-0.2, 0) is 0 Å². The average molecular weight is 251 g/mol. The molecule has 1 aromatic carbocycles. The lowest BCUT2D eigenvalue weighted by molar-refractivity contribution is 0.446. The van der Waals surface area contributed by atoms with E-state index < -0.39 is 0 Å². The van der Waals surface area contributed by atoms with E-state index in [9.17, 15) is 0 Å². The second kappa shape index (κ2) is 4.00. The summed E-state index contributed by atoms with van der Waals surface area (Å²) < 4.78 is 5.90. The molecule has 0 amide bonds. The zero-order valence-corrected chi connectivity index (χ0v) is 10.7. The molecule has 2 aromatic rings. The topological polar surface area (TPSA) is 38.1 Å². The zero-order valence-electron chi connectivity index (χ0n) is 9.96. The van der Waals surface area contributed by atoms with Gasteiger partial charge in [0.25, 0.3) is 0 Å². The second-order valence-electron chi connectivity index (χ2n) is 4.76. The van der Waals surface area contributed by atoms with E-state index in [-0.39, 0.29) is 0 Å². The predicted molar refractivity (Wildman–Crippen MR) is 68.6 cm³/mol. The highest BCUT2D eigenvalue weighted by Gasteiger charge is 2.29. The van der Waals surface area contributed by atoms with Gasteiger partial charge >= 0.3 is 0 Å². The maximum Gasteiger partial charge on any atom is 0.200 e. The van der Waals surface area contributed by atoms with E-state index >= 15 is 0 Å². The van der Waals surface area contributed by atoms with Gasteiger partial charge in [-0.25, -0.2) is 4.98 Å². The highest BCUT2D eigenvalue weighted by atomic mass is 35.5. The average Bonchev–Trinajstić information content (AvgIpc) is 2.83. The van der Waals surface area contributed by atoms with E-state index in [0.717, 1.165) is 35.5 Å². The van der Waals surface area contributed by atoms with Crippen LogP contribution in [0.4, 0.5) is 0 Å². The van der Waals surface area contributed by atoms with Crippen LogP contribution < -0.4 is 5.32 Å². The van der Waals surface area contributed by atoms with Crippen molar-refractivity contribution >= 4 is 22.7 Å². The molecule has 90 valence electrons. The Hall–Kier alpha value is -1.06. The summed E-state index contributed by atoms with van der Waals surface area (Å²) in [6.45, 7) is 5.20. The van der Waals surface area contributed by atoms with E-state index in [2.05, 4.69) is 17.2 Å². The molecule has 2 unspecified atom stereocenters. The number of benzene rings is 1. The monoisotopic (exact) mass is 250 g/mol. The third-order valence-electron chi connectivity index (χ3n) is 3.50. The molecule has 1 aromatic heterocycles. The molecule has 1 N–H and O–H groups in total. The van der Waals surface area contributed by atoms with Gasteiger partial charge in [0.05, 0.1) is 5.92 Å². The summed E-state index contributed by atoms with van der Waals surface area (Å²) in [5, 5.41) is 4.13. The van der Waals surface area contributed by atoms with Crippen LogP contribution in [0, 0.1) is 6.92 Å². The van der Waals surface area contributed by atoms with Crippen molar-refractivity contribution in [2.24, 2.45) is 0 Å². The maximum atomic E-state index is 6.03. The van der Waals surface area contributed by atoms with Gasteiger partial charge in [0.15, 0.2) is 11.5 Å². The molecule has 0 aliphatic carbocycles. The van der Waals surface area contributed by atoms with Gasteiger partial charge in [-0.2, -0.15) is 0 Å². The Labute approximate surface area is 105 Å². The molecule has 1 aliphatic rings. The predicted octanol–water partition coefficient (Wildman–Crippen LogP) is 3.26. The zero-order chi connectivity index (χ0) is 12.0. The lowest BCUT2D eigenvalue weighted by atomic mass is 10.0. The van der Waals surface area contributed by atoms with E-state index in [1.54, 1.807) is 0 Å². The molecule has 3 rings (SSSR count). The molecule has 17 heavy (non-hydrogen) atoms. The Morgan fingerprint density at radius 2 is 2.29 bits per heavy atom. The number of hydrogen-bond donors (Lipinski definition) is 1. The largest absolute Gasteiger partial charge is 0.440 e. The molecule has 2 heterocycles. The first-order valence-electron chi connectivity index (χ1n) is 5.95. The van der Waals surface area contributed by atoms with Gasteiger partial charge in [-0.15, -0.1) is 0 Å². The standard InChI is InChI=1S/C13H15ClN2O/c1-7-5-9(14)6-11-12(7)17-13(16-11)10-3-4-15-8(10)2/h5-6,8,10,15H,3-4H2,1-2H3. The Morgan fingerprint density at radius 1 is 1.47 bits per heavy atom. The van der Waals surface area contributed by atoms with E-state index in [1.165, 1.54) is 0 Å². The first kappa shape index (κ1) is 11.1. The number of nitrogens with zero attached hydrogens (tertiary/aromatic N) is 1. The number of aromatic nitrogens is 1. The fourth-order valence-electron chi connectivity index (χ4n) is 2.53. The molecule has 4 heteroatoms. The number of hydrogen-bond acceptors (Lipinski definition) is 3. The minimum atomic E-state index is 0.376. The molecule has 1 aliphatic heterocycles. The minimum Gasteiger partial charge on any atom is -0.440 e. The summed E-state index contributed by atoms with van der Waals surface area (Å²) in [5.41, 5.74) is 2.78. The van der Waals surface area contributed by atoms with Crippen molar-refractivity contribution in [3.63, 3.8) is 0 Å². The Morgan fingerprint density at radius 3 is 3.00 bits per heavy atom. The lowest BCUT2D eigenvalue weighted by Crippen LogP contribution is -2.21. The molecule has 0 spiro atoms. The van der Waals surface area contributed by atoms with Crippen LogP contribution in [0.3, 0.4) is 0 Å². The number of oxazole rings is 1. The van der Waals surface area contributed by atoms with Crippen LogP contribution in [0.15, 0.2) is 16.5 Å². The van der Waals surface area contributed by atoms with Gasteiger partial charge in [-0.3, -0.25) is 0 Å². The number of nitrogens with one attached hydrogen (secondary N) is 1. The number of rotatable bonds is 1. The van der Waals surface area contributed by atoms with Crippen LogP contribution in [-0.4, -0.2) is 17.6 Å². The van der Waals surface area contributed by atoms with E-state index in [1.807, 2.05) is 19.1 Å². The summed E-state index contributed by atoms with van der Waals surface area (Å²) in [5.74, 6) is 1.21. The number of halogens is 1. The van der Waals surface area contributed by atoms with Gasteiger partial charge < -0.3 is 9.73 Å². The van der Waals surface area contributed by atoms with Crippen LogP contribution in [0.5, 0.6) is 0 Å². The Bertz CT molecular complexity index is 564. The highest BCUT2D eigenvalue weighted by Crippen LogP contribution is 2.31. The molecule has 0 saturated carbocycles. The van der Waals surface area contributed by atoms with Gasteiger partial charge in [0.2, 0.25) is 0 Å². The smallest absolute Gasteiger partial charge is 0.200 e. The summed E-state index contributed by atoms with van der Waals surface area (Å²) >= 11 is 6.03. The van der Waals surface area contributed by atoms with Gasteiger partial charge in [-0.05, 0) is 44.5 Å². The van der Waals surface area contributed by atoms with Gasteiger partial charge in [-0.1, -0.05) is 11.6 Å². The van der Waals surface area contributed by atoms with Crippen LogP contribution in [0.25, 0.3) is 11.1 Å². The highest BCUT2D eigenvalue weighted by molar-refractivity contribution is 6.31. The molecule has 1 saturated heterocycles. The number of aryl methyl sites for hydroxylation is 1. The van der Waals surface area contributed by atoms with Crippen molar-refractivity contribution in [3.8, 4) is 0 Å². The maximum absolute atomic E-state index is 6.03. The van der Waals surface area contributed by atoms with Crippen molar-refractivity contribution in [3.05, 3.63) is 28.6 Å². The van der Waals surface area contributed by atoms with Crippen LogP contribution >= 0.6 is 11.6 Å². The van der Waals surface area contributed by atoms with Crippen molar-refractivity contribution < 1.29 is 4.42 Å². The van der Waals surface area contributed by atoms with E-state index in [4.69, 9.17) is 16.0 Å². The van der Waals surface area contributed by atoms with Crippen molar-refractivity contribution in [2.45, 2.75) is 32.2 Å². The Balaban J connectivity index is 2.10. The molecule has 2 atom stereocenters. The molecule has 0 bridgehead atoms. The van der Waals surface area contributed by atoms with Gasteiger partial charge in [0, 0.05) is 11.1 Å². The first-order valence-corrected chi connectivity index (χ1v) is 6.33. The lowest BCUT2D eigenvalue weighted by Gasteiger charge is -2.09. The van der Waals surface area contributed by atoms with Gasteiger partial charge in [0.1, 0.15) is 5.52 Å². The fourth-order valence-corrected chi connectivity index (χ4v) is 2.80. The van der Waals surface area contributed by atoms with Crippen LogP contribution in [0.2, 0.25) is 5.02 Å². The van der Waals surface area contributed by atoms with Crippen molar-refractivity contribution in [2.75, 3.05) is 6.54 Å². The molecule has 1 fully saturated rings. The number of fused-ring (bicyclic) bond motifs is 1. The first-order chi connectivity index (χ1) is 8.15. The summed E-state index contributed by atoms with van der Waals surface area (Å²) in [7, 11) is 0. The van der Waals surface area contributed by atoms with Crippen molar-refractivity contribution in [1.29, 1.82) is 0 Å². The molecular weight excluding hydrogens is 236 g/mol. The third-order valence-corrected chi connectivity index (χ3v) is 3.72. The molecular formula is C13H15ClN2O. The normalized spacial score (nSPS) is 24.6. The summed E-state index contributed by atoms with van der Waals surface area (Å²) in [6.07, 6.45) is 1.08.